The Morgan fingerprint density at radius 1 is 1.31 bits per heavy atom. The van der Waals surface area contributed by atoms with E-state index in [1.807, 2.05) is 19.3 Å². The van der Waals surface area contributed by atoms with E-state index in [1.165, 1.54) is 5.39 Å². The second-order valence-electron chi connectivity index (χ2n) is 3.65. The van der Waals surface area contributed by atoms with Crippen molar-refractivity contribution in [2.75, 3.05) is 13.6 Å². The number of rotatable bonds is 1. The van der Waals surface area contributed by atoms with Crippen LogP contribution < -0.4 is 5.32 Å². The van der Waals surface area contributed by atoms with Crippen LogP contribution in [0.3, 0.4) is 0 Å². The number of benzene rings is 1. The van der Waals surface area contributed by atoms with Gasteiger partial charge < -0.3 is 5.32 Å². The molecule has 0 saturated heterocycles. The third kappa shape index (κ3) is 2.05. The van der Waals surface area contributed by atoms with Gasteiger partial charge in [0.1, 0.15) is 0 Å². The highest BCUT2D eigenvalue weighted by Gasteiger charge is 2.01. The highest BCUT2D eigenvalue weighted by atomic mass is 14.8. The molecule has 80 valence electrons. The summed E-state index contributed by atoms with van der Waals surface area (Å²) in [5.41, 5.74) is 3.25. The molecule has 1 aromatic carbocycles. The minimum Gasteiger partial charge on any atom is -0.309 e. The summed E-state index contributed by atoms with van der Waals surface area (Å²) in [6.45, 7) is 2.78. The van der Waals surface area contributed by atoms with Crippen LogP contribution in [0.15, 0.2) is 30.5 Å². The van der Waals surface area contributed by atoms with Crippen molar-refractivity contribution in [1.29, 1.82) is 0 Å². The van der Waals surface area contributed by atoms with Crippen molar-refractivity contribution >= 4 is 10.9 Å². The molecule has 16 heavy (non-hydrogen) atoms. The first kappa shape index (κ1) is 10.7. The van der Waals surface area contributed by atoms with Crippen LogP contribution in [-0.2, 0) is 0 Å². The minimum absolute atomic E-state index is 0.708. The first-order valence-electron chi connectivity index (χ1n) is 5.30. The molecule has 2 nitrogen and oxygen atoms in total. The first-order valence-corrected chi connectivity index (χ1v) is 5.30. The van der Waals surface area contributed by atoms with E-state index < -0.39 is 0 Å². The Labute approximate surface area is 95.7 Å². The molecule has 2 aromatic rings. The maximum absolute atomic E-state index is 4.39. The number of aryl methyl sites for hydroxylation is 1. The molecule has 0 atom stereocenters. The van der Waals surface area contributed by atoms with E-state index in [1.54, 1.807) is 0 Å². The van der Waals surface area contributed by atoms with Gasteiger partial charge in [-0.25, -0.2) is 0 Å². The summed E-state index contributed by atoms with van der Waals surface area (Å²) in [6, 6.07) is 8.15. The van der Waals surface area contributed by atoms with Crippen LogP contribution in [0.4, 0.5) is 0 Å². The van der Waals surface area contributed by atoms with Gasteiger partial charge in [-0.2, -0.15) is 0 Å². The third-order valence-electron chi connectivity index (χ3n) is 2.52. The average Bonchev–Trinajstić information content (AvgIpc) is 2.33. The van der Waals surface area contributed by atoms with Crippen LogP contribution in [-0.4, -0.2) is 18.6 Å². The molecule has 0 unspecified atom stereocenters. The maximum atomic E-state index is 4.39. The normalized spacial score (nSPS) is 9.88. The van der Waals surface area contributed by atoms with Crippen LogP contribution in [0.25, 0.3) is 10.9 Å². The molecule has 0 radical (unpaired) electrons. The molecule has 0 saturated carbocycles. The summed E-state index contributed by atoms with van der Waals surface area (Å²) >= 11 is 0. The molecule has 0 spiro atoms. The molecule has 1 aromatic heterocycles. The highest BCUT2D eigenvalue weighted by molar-refractivity contribution is 5.83. The molecule has 2 rings (SSSR count). The van der Waals surface area contributed by atoms with E-state index in [4.69, 9.17) is 0 Å². The Morgan fingerprint density at radius 2 is 2.19 bits per heavy atom. The van der Waals surface area contributed by atoms with Crippen LogP contribution in [0, 0.1) is 18.8 Å². The molecule has 0 amide bonds. The zero-order chi connectivity index (χ0) is 11.4. The Kier molecular flexibility index (Phi) is 3.19. The van der Waals surface area contributed by atoms with Gasteiger partial charge in [0.05, 0.1) is 12.1 Å². The lowest BCUT2D eigenvalue weighted by Crippen LogP contribution is -2.04. The molecule has 2 heteroatoms. The van der Waals surface area contributed by atoms with Gasteiger partial charge in [-0.1, -0.05) is 24.0 Å². The first-order chi connectivity index (χ1) is 7.83. The van der Waals surface area contributed by atoms with E-state index in [9.17, 15) is 0 Å². The summed E-state index contributed by atoms with van der Waals surface area (Å²) in [6.07, 6.45) is 1.82. The minimum atomic E-state index is 0.708. The lowest BCUT2D eigenvalue weighted by atomic mass is 10.0. The van der Waals surface area contributed by atoms with E-state index in [2.05, 4.69) is 47.3 Å². The summed E-state index contributed by atoms with van der Waals surface area (Å²) in [4.78, 5) is 4.39. The number of hydrogen-bond acceptors (Lipinski definition) is 2. The summed E-state index contributed by atoms with van der Waals surface area (Å²) in [7, 11) is 1.89. The average molecular weight is 210 g/mol. The standard InChI is InChI=1S/C14H14N2/c1-11-12(5-3-9-15-2)7-8-13-6-4-10-16-14(11)13/h4,6-8,10,15H,9H2,1-2H3. The largest absolute Gasteiger partial charge is 0.309 e. The van der Waals surface area contributed by atoms with E-state index in [0.717, 1.165) is 16.6 Å². The Bertz CT molecular complexity index is 562. The molecule has 0 aliphatic heterocycles. The van der Waals surface area contributed by atoms with Crippen molar-refractivity contribution in [1.82, 2.24) is 10.3 Å². The number of hydrogen-bond donors (Lipinski definition) is 1. The zero-order valence-corrected chi connectivity index (χ0v) is 9.54. The molecule has 0 bridgehead atoms. The smallest absolute Gasteiger partial charge is 0.0743 e. The fraction of sp³-hybridized carbons (Fsp3) is 0.214. The predicted molar refractivity (Wildman–Crippen MR) is 67.3 cm³/mol. The van der Waals surface area contributed by atoms with Gasteiger partial charge in [-0.15, -0.1) is 0 Å². The van der Waals surface area contributed by atoms with Crippen molar-refractivity contribution in [3.63, 3.8) is 0 Å². The molecule has 0 fully saturated rings. The Balaban J connectivity index is 2.49. The number of fused-ring (bicyclic) bond motifs is 1. The van der Waals surface area contributed by atoms with Crippen molar-refractivity contribution in [3.05, 3.63) is 41.6 Å². The maximum Gasteiger partial charge on any atom is 0.0743 e. The third-order valence-corrected chi connectivity index (χ3v) is 2.52. The Hall–Kier alpha value is -1.85. The topological polar surface area (TPSA) is 24.9 Å². The number of pyridine rings is 1. The molecule has 1 heterocycles. The van der Waals surface area contributed by atoms with Gasteiger partial charge in [0.15, 0.2) is 0 Å². The number of nitrogens with zero attached hydrogens (tertiary/aromatic N) is 1. The van der Waals surface area contributed by atoms with Gasteiger partial charge in [0.2, 0.25) is 0 Å². The number of aromatic nitrogens is 1. The van der Waals surface area contributed by atoms with Gasteiger partial charge in [0.25, 0.3) is 0 Å². The zero-order valence-electron chi connectivity index (χ0n) is 9.54. The van der Waals surface area contributed by atoms with Crippen molar-refractivity contribution in [2.45, 2.75) is 6.92 Å². The summed E-state index contributed by atoms with van der Waals surface area (Å²) < 4.78 is 0. The van der Waals surface area contributed by atoms with E-state index in [0.29, 0.717) is 6.54 Å². The van der Waals surface area contributed by atoms with Crippen LogP contribution in [0.2, 0.25) is 0 Å². The van der Waals surface area contributed by atoms with Crippen LogP contribution >= 0.6 is 0 Å². The second kappa shape index (κ2) is 4.78. The molecular formula is C14H14N2. The number of nitrogens with one attached hydrogen (secondary N) is 1. The lowest BCUT2D eigenvalue weighted by Gasteiger charge is -2.02. The van der Waals surface area contributed by atoms with Gasteiger partial charge in [0, 0.05) is 17.1 Å². The molecular weight excluding hydrogens is 196 g/mol. The SMILES string of the molecule is CNCC#Cc1ccc2cccnc2c1C. The lowest BCUT2D eigenvalue weighted by molar-refractivity contribution is 0.938. The summed E-state index contributed by atoms with van der Waals surface area (Å²) in [5.74, 6) is 6.22. The van der Waals surface area contributed by atoms with E-state index in [-0.39, 0.29) is 0 Å². The van der Waals surface area contributed by atoms with E-state index >= 15 is 0 Å². The quantitative estimate of drug-likeness (QED) is 0.729. The second-order valence-corrected chi connectivity index (χ2v) is 3.65. The Morgan fingerprint density at radius 3 is 3.00 bits per heavy atom. The predicted octanol–water partition coefficient (Wildman–Crippen LogP) is 2.11. The highest BCUT2D eigenvalue weighted by Crippen LogP contribution is 2.18. The van der Waals surface area contributed by atoms with Gasteiger partial charge in [-0.05, 0) is 31.7 Å². The molecule has 0 aliphatic carbocycles. The van der Waals surface area contributed by atoms with Crippen molar-refractivity contribution in [3.8, 4) is 11.8 Å². The fourth-order valence-corrected chi connectivity index (χ4v) is 1.65. The van der Waals surface area contributed by atoms with Gasteiger partial charge >= 0.3 is 0 Å². The van der Waals surface area contributed by atoms with Crippen molar-refractivity contribution in [2.24, 2.45) is 0 Å². The van der Waals surface area contributed by atoms with Crippen LogP contribution in [0.5, 0.6) is 0 Å². The van der Waals surface area contributed by atoms with Crippen molar-refractivity contribution < 1.29 is 0 Å². The fourth-order valence-electron chi connectivity index (χ4n) is 1.65. The monoisotopic (exact) mass is 210 g/mol. The molecule has 1 N–H and O–H groups in total. The van der Waals surface area contributed by atoms with Crippen LogP contribution in [0.1, 0.15) is 11.1 Å². The molecule has 0 aliphatic rings. The van der Waals surface area contributed by atoms with Gasteiger partial charge in [-0.3, -0.25) is 4.98 Å². The summed E-state index contributed by atoms with van der Waals surface area (Å²) in [5, 5.41) is 4.17.